The number of nitrogens with one attached hydrogen (secondary N) is 2. The summed E-state index contributed by atoms with van der Waals surface area (Å²) in [5, 5.41) is 3.11. The lowest BCUT2D eigenvalue weighted by Crippen LogP contribution is -2.19. The molecule has 1 amide bonds. The van der Waals surface area contributed by atoms with E-state index in [1.165, 1.54) is 28.8 Å². The summed E-state index contributed by atoms with van der Waals surface area (Å²) < 4.78 is 14.5. The molecular weight excluding hydrogens is 317 g/mol. The molecule has 5 nitrogen and oxygen atoms in total. The Morgan fingerprint density at radius 3 is 2.61 bits per heavy atom. The van der Waals surface area contributed by atoms with Crippen LogP contribution in [0.25, 0.3) is 10.9 Å². The van der Waals surface area contributed by atoms with Crippen molar-refractivity contribution < 1.29 is 9.18 Å². The summed E-state index contributed by atoms with van der Waals surface area (Å²) in [6.45, 7) is 0. The Morgan fingerprint density at radius 1 is 1.22 bits per heavy atom. The van der Waals surface area contributed by atoms with Gasteiger partial charge in [0.1, 0.15) is 5.82 Å². The predicted octanol–water partition coefficient (Wildman–Crippen LogP) is 2.99. The van der Waals surface area contributed by atoms with Gasteiger partial charge < -0.3 is 10.3 Å². The molecule has 2 N–H and O–H groups in total. The number of anilines is 1. The molecule has 1 aromatic heterocycles. The first-order valence-corrected chi connectivity index (χ1v) is 7.16. The summed E-state index contributed by atoms with van der Waals surface area (Å²) in [5.74, 6) is -0.740. The van der Waals surface area contributed by atoms with Crippen LogP contribution in [0.15, 0.2) is 47.3 Å². The first kappa shape index (κ1) is 15.1. The van der Waals surface area contributed by atoms with Crippen molar-refractivity contribution >= 4 is 34.7 Å². The SMILES string of the molecule is Cn1c(=S)[nH]c2cc(C(=O)Nc3ccc(F)cc3)ccc2c1=O. The van der Waals surface area contributed by atoms with Crippen molar-refractivity contribution in [2.75, 3.05) is 5.32 Å². The van der Waals surface area contributed by atoms with Crippen molar-refractivity contribution in [3.63, 3.8) is 0 Å². The topological polar surface area (TPSA) is 66.9 Å². The average molecular weight is 329 g/mol. The molecule has 2 aromatic carbocycles. The van der Waals surface area contributed by atoms with Crippen LogP contribution in [0.4, 0.5) is 10.1 Å². The lowest BCUT2D eigenvalue weighted by atomic mass is 10.1. The fourth-order valence-corrected chi connectivity index (χ4v) is 2.38. The predicted molar refractivity (Wildman–Crippen MR) is 88.7 cm³/mol. The number of halogens is 1. The molecule has 0 atom stereocenters. The molecule has 0 spiro atoms. The first-order valence-electron chi connectivity index (χ1n) is 6.76. The van der Waals surface area contributed by atoms with Crippen LogP contribution in [0.1, 0.15) is 10.4 Å². The van der Waals surface area contributed by atoms with E-state index in [1.54, 1.807) is 25.2 Å². The minimum Gasteiger partial charge on any atom is -0.332 e. The van der Waals surface area contributed by atoms with Gasteiger partial charge in [0.15, 0.2) is 4.77 Å². The molecule has 0 saturated heterocycles. The van der Waals surface area contributed by atoms with Gasteiger partial charge in [-0.2, -0.15) is 0 Å². The molecule has 0 aliphatic rings. The molecular formula is C16H12FN3O2S. The number of aromatic nitrogens is 2. The summed E-state index contributed by atoms with van der Waals surface area (Å²) in [4.78, 5) is 27.3. The van der Waals surface area contributed by atoms with Crippen LogP contribution in [0, 0.1) is 10.6 Å². The number of carbonyl (C=O) groups excluding carboxylic acids is 1. The van der Waals surface area contributed by atoms with Gasteiger partial charge >= 0.3 is 0 Å². The highest BCUT2D eigenvalue weighted by Gasteiger charge is 2.09. The van der Waals surface area contributed by atoms with Crippen molar-refractivity contribution in [1.82, 2.24) is 9.55 Å². The molecule has 3 aromatic rings. The zero-order valence-electron chi connectivity index (χ0n) is 12.1. The van der Waals surface area contributed by atoms with E-state index >= 15 is 0 Å². The molecule has 0 aliphatic heterocycles. The van der Waals surface area contributed by atoms with E-state index in [0.29, 0.717) is 22.2 Å². The number of amides is 1. The molecule has 7 heteroatoms. The summed E-state index contributed by atoms with van der Waals surface area (Å²) >= 11 is 5.07. The summed E-state index contributed by atoms with van der Waals surface area (Å²) in [6.07, 6.45) is 0. The van der Waals surface area contributed by atoms with Gasteiger partial charge in [0.05, 0.1) is 10.9 Å². The van der Waals surface area contributed by atoms with Crippen molar-refractivity contribution in [1.29, 1.82) is 0 Å². The molecule has 0 fully saturated rings. The summed E-state index contributed by atoms with van der Waals surface area (Å²) in [7, 11) is 1.58. The Balaban J connectivity index is 1.98. The van der Waals surface area contributed by atoms with Gasteiger partial charge in [-0.1, -0.05) is 0 Å². The van der Waals surface area contributed by atoms with Crippen LogP contribution in [0.3, 0.4) is 0 Å². The zero-order valence-corrected chi connectivity index (χ0v) is 12.9. The molecule has 1 heterocycles. The number of hydrogen-bond donors (Lipinski definition) is 2. The number of aromatic amines is 1. The molecule has 23 heavy (non-hydrogen) atoms. The van der Waals surface area contributed by atoms with Gasteiger partial charge in [-0.15, -0.1) is 0 Å². The molecule has 0 saturated carbocycles. The van der Waals surface area contributed by atoms with Crippen LogP contribution in [0.2, 0.25) is 0 Å². The van der Waals surface area contributed by atoms with E-state index in [-0.39, 0.29) is 22.1 Å². The van der Waals surface area contributed by atoms with Crippen LogP contribution >= 0.6 is 12.2 Å². The number of benzene rings is 2. The van der Waals surface area contributed by atoms with E-state index in [4.69, 9.17) is 12.2 Å². The molecule has 0 aliphatic carbocycles. The Bertz CT molecular complexity index is 1020. The van der Waals surface area contributed by atoms with Gasteiger partial charge in [-0.3, -0.25) is 14.2 Å². The van der Waals surface area contributed by atoms with Crippen LogP contribution in [-0.4, -0.2) is 15.5 Å². The summed E-state index contributed by atoms with van der Waals surface area (Å²) in [6, 6.07) is 10.1. The third-order valence-corrected chi connectivity index (χ3v) is 3.84. The maximum Gasteiger partial charge on any atom is 0.261 e. The minimum absolute atomic E-state index is 0.228. The van der Waals surface area contributed by atoms with Crippen molar-refractivity contribution in [2.45, 2.75) is 0 Å². The standard InChI is InChI=1S/C16H12FN3O2S/c1-20-15(22)12-7-2-9(8-13(12)19-16(20)23)14(21)18-11-5-3-10(17)4-6-11/h2-8H,1H3,(H,18,21)(H,19,23). The smallest absolute Gasteiger partial charge is 0.261 e. The van der Waals surface area contributed by atoms with E-state index in [1.807, 2.05) is 0 Å². The second-order valence-corrected chi connectivity index (χ2v) is 5.40. The Kier molecular flexibility index (Phi) is 3.79. The van der Waals surface area contributed by atoms with E-state index < -0.39 is 0 Å². The fourth-order valence-electron chi connectivity index (χ4n) is 2.18. The van der Waals surface area contributed by atoms with Gasteiger partial charge in [-0.25, -0.2) is 4.39 Å². The van der Waals surface area contributed by atoms with Gasteiger partial charge in [0.25, 0.3) is 11.5 Å². The van der Waals surface area contributed by atoms with E-state index in [0.717, 1.165) is 0 Å². The zero-order chi connectivity index (χ0) is 16.6. The third-order valence-electron chi connectivity index (χ3n) is 3.47. The normalized spacial score (nSPS) is 10.7. The van der Waals surface area contributed by atoms with Crippen molar-refractivity contribution in [2.24, 2.45) is 7.05 Å². The quantitative estimate of drug-likeness (QED) is 0.710. The van der Waals surface area contributed by atoms with Crippen LogP contribution in [-0.2, 0) is 7.05 Å². The Hall–Kier alpha value is -2.80. The number of nitrogens with zero attached hydrogens (tertiary/aromatic N) is 1. The van der Waals surface area contributed by atoms with Crippen molar-refractivity contribution in [3.05, 3.63) is 69.0 Å². The molecule has 3 rings (SSSR count). The second kappa shape index (κ2) is 5.77. The first-order chi connectivity index (χ1) is 11.0. The van der Waals surface area contributed by atoms with Gasteiger partial charge in [0.2, 0.25) is 0 Å². The highest BCUT2D eigenvalue weighted by Crippen LogP contribution is 2.14. The number of H-pyrrole nitrogens is 1. The summed E-state index contributed by atoms with van der Waals surface area (Å²) in [5.41, 5.74) is 1.10. The van der Waals surface area contributed by atoms with E-state index in [9.17, 15) is 14.0 Å². The van der Waals surface area contributed by atoms with Gasteiger partial charge in [-0.05, 0) is 54.7 Å². The maximum absolute atomic E-state index is 12.9. The van der Waals surface area contributed by atoms with Gasteiger partial charge in [0, 0.05) is 18.3 Å². The third kappa shape index (κ3) is 2.91. The highest BCUT2D eigenvalue weighted by atomic mass is 32.1. The molecule has 0 unspecified atom stereocenters. The Morgan fingerprint density at radius 2 is 1.91 bits per heavy atom. The average Bonchev–Trinajstić information content (AvgIpc) is 2.54. The van der Waals surface area contributed by atoms with E-state index in [2.05, 4.69) is 10.3 Å². The number of fused-ring (bicyclic) bond motifs is 1. The molecule has 116 valence electrons. The fraction of sp³-hybridized carbons (Fsp3) is 0.0625. The lowest BCUT2D eigenvalue weighted by molar-refractivity contribution is 0.102. The maximum atomic E-state index is 12.9. The lowest BCUT2D eigenvalue weighted by Gasteiger charge is -2.07. The largest absolute Gasteiger partial charge is 0.332 e. The Labute approximate surface area is 135 Å². The minimum atomic E-state index is -0.378. The van der Waals surface area contributed by atoms with Crippen LogP contribution in [0.5, 0.6) is 0 Å². The van der Waals surface area contributed by atoms with Crippen LogP contribution < -0.4 is 10.9 Å². The number of rotatable bonds is 2. The number of hydrogen-bond acceptors (Lipinski definition) is 3. The molecule has 0 radical (unpaired) electrons. The highest BCUT2D eigenvalue weighted by molar-refractivity contribution is 7.71. The monoisotopic (exact) mass is 329 g/mol. The number of carbonyl (C=O) groups is 1. The van der Waals surface area contributed by atoms with Crippen molar-refractivity contribution in [3.8, 4) is 0 Å². The molecule has 0 bridgehead atoms. The second-order valence-electron chi connectivity index (χ2n) is 5.02.